The van der Waals surface area contributed by atoms with Crippen molar-refractivity contribution in [1.29, 1.82) is 5.26 Å². The van der Waals surface area contributed by atoms with Crippen molar-refractivity contribution >= 4 is 39.2 Å². The zero-order valence-electron chi connectivity index (χ0n) is 15.3. The molecule has 1 unspecified atom stereocenters. The van der Waals surface area contributed by atoms with Gasteiger partial charge in [-0.3, -0.25) is 14.2 Å². The summed E-state index contributed by atoms with van der Waals surface area (Å²) >= 11 is 2.69. The molecule has 6 nitrogen and oxygen atoms in total. The summed E-state index contributed by atoms with van der Waals surface area (Å²) in [5.41, 5.74) is -0.0500. The maximum atomic E-state index is 12.6. The first kappa shape index (κ1) is 19.5. The minimum atomic E-state index is -0.914. The van der Waals surface area contributed by atoms with Gasteiger partial charge < -0.3 is 5.32 Å². The summed E-state index contributed by atoms with van der Waals surface area (Å²) in [6, 6.07) is 2.15. The fraction of sp³-hybridized carbons (Fsp3) is 0.529. The van der Waals surface area contributed by atoms with E-state index in [0.717, 1.165) is 10.4 Å². The third-order valence-electron chi connectivity index (χ3n) is 4.49. The van der Waals surface area contributed by atoms with E-state index in [9.17, 15) is 14.9 Å². The zero-order valence-corrected chi connectivity index (χ0v) is 16.9. The van der Waals surface area contributed by atoms with E-state index in [2.05, 4.69) is 16.4 Å². The first-order valence-electron chi connectivity index (χ1n) is 7.92. The number of aromatic nitrogens is 2. The van der Waals surface area contributed by atoms with Gasteiger partial charge >= 0.3 is 0 Å². The Bertz CT molecular complexity index is 923. The molecule has 1 amide bonds. The highest BCUT2D eigenvalue weighted by Crippen LogP contribution is 2.28. The van der Waals surface area contributed by atoms with Crippen molar-refractivity contribution in [1.82, 2.24) is 14.9 Å². The average Bonchev–Trinajstić information content (AvgIpc) is 2.83. The summed E-state index contributed by atoms with van der Waals surface area (Å²) in [5, 5.41) is 13.2. The lowest BCUT2D eigenvalue weighted by molar-refractivity contribution is -0.120. The lowest BCUT2D eigenvalue weighted by atomic mass is 9.90. The van der Waals surface area contributed by atoms with Crippen LogP contribution in [0, 0.1) is 31.1 Å². The molecule has 0 saturated carbocycles. The van der Waals surface area contributed by atoms with Gasteiger partial charge in [0.25, 0.3) is 5.56 Å². The van der Waals surface area contributed by atoms with Gasteiger partial charge in [-0.2, -0.15) is 5.26 Å². The predicted molar refractivity (Wildman–Crippen MR) is 102 cm³/mol. The molecule has 25 heavy (non-hydrogen) atoms. The van der Waals surface area contributed by atoms with Crippen LogP contribution in [0.15, 0.2) is 9.95 Å². The van der Waals surface area contributed by atoms with Gasteiger partial charge in [-0.1, -0.05) is 25.6 Å². The van der Waals surface area contributed by atoms with Crippen LogP contribution in [0.2, 0.25) is 0 Å². The Morgan fingerprint density at radius 1 is 1.48 bits per heavy atom. The van der Waals surface area contributed by atoms with Crippen LogP contribution >= 0.6 is 23.1 Å². The molecule has 8 heteroatoms. The van der Waals surface area contributed by atoms with Crippen LogP contribution in [0.3, 0.4) is 0 Å². The summed E-state index contributed by atoms with van der Waals surface area (Å²) in [7, 11) is 1.66. The molecule has 134 valence electrons. The molecule has 0 aliphatic heterocycles. The van der Waals surface area contributed by atoms with E-state index in [4.69, 9.17) is 0 Å². The SMILES string of the molecule is Cc1sc2nc(SCC(=O)NC(C)(C#N)C(C)C)n(C)c(=O)c2c1C. The van der Waals surface area contributed by atoms with E-state index in [1.54, 1.807) is 14.0 Å². The number of hydrogen-bond acceptors (Lipinski definition) is 6. The van der Waals surface area contributed by atoms with Gasteiger partial charge in [0.2, 0.25) is 5.91 Å². The second-order valence-corrected chi connectivity index (χ2v) is 8.67. The highest BCUT2D eigenvalue weighted by Gasteiger charge is 2.30. The molecule has 2 aromatic rings. The number of nitrogens with zero attached hydrogens (tertiary/aromatic N) is 3. The minimum absolute atomic E-state index is 0.0117. The number of aryl methyl sites for hydroxylation is 2. The second-order valence-electron chi connectivity index (χ2n) is 6.53. The van der Waals surface area contributed by atoms with Crippen LogP contribution in [-0.4, -0.2) is 26.8 Å². The van der Waals surface area contributed by atoms with E-state index >= 15 is 0 Å². The molecule has 2 aromatic heterocycles. The van der Waals surface area contributed by atoms with Gasteiger partial charge in [0, 0.05) is 11.9 Å². The van der Waals surface area contributed by atoms with Crippen LogP contribution in [0.25, 0.3) is 10.2 Å². The summed E-state index contributed by atoms with van der Waals surface area (Å²) in [6.07, 6.45) is 0. The molecule has 0 spiro atoms. The van der Waals surface area contributed by atoms with E-state index in [1.165, 1.54) is 27.7 Å². The molecule has 1 N–H and O–H groups in total. The maximum Gasteiger partial charge on any atom is 0.262 e. The number of amides is 1. The van der Waals surface area contributed by atoms with E-state index in [1.807, 2.05) is 27.7 Å². The maximum absolute atomic E-state index is 12.6. The van der Waals surface area contributed by atoms with Crippen molar-refractivity contribution in [3.05, 3.63) is 20.8 Å². The Labute approximate surface area is 155 Å². The van der Waals surface area contributed by atoms with Gasteiger partial charge in [0.05, 0.1) is 17.2 Å². The Balaban J connectivity index is 2.22. The normalized spacial score (nSPS) is 13.7. The minimum Gasteiger partial charge on any atom is -0.337 e. The van der Waals surface area contributed by atoms with Gasteiger partial charge in [-0.15, -0.1) is 11.3 Å². The smallest absolute Gasteiger partial charge is 0.262 e. The third-order valence-corrected chi connectivity index (χ3v) is 6.62. The standard InChI is InChI=1S/C17H22N4O2S2/c1-9(2)17(5,8-18)20-12(22)7-24-16-19-14-13(15(23)21(16)6)10(3)11(4)25-14/h9H,7H2,1-6H3,(H,20,22). The van der Waals surface area contributed by atoms with Crippen molar-refractivity contribution in [2.75, 3.05) is 5.75 Å². The van der Waals surface area contributed by atoms with Gasteiger partial charge in [0.1, 0.15) is 10.4 Å². The largest absolute Gasteiger partial charge is 0.337 e. The molecule has 0 aliphatic rings. The first-order chi connectivity index (χ1) is 11.6. The van der Waals surface area contributed by atoms with E-state index < -0.39 is 5.54 Å². The molecular weight excluding hydrogens is 356 g/mol. The van der Waals surface area contributed by atoms with Crippen LogP contribution in [0.5, 0.6) is 0 Å². The molecule has 2 rings (SSSR count). The van der Waals surface area contributed by atoms with Crippen LogP contribution in [0.4, 0.5) is 0 Å². The Morgan fingerprint density at radius 2 is 2.12 bits per heavy atom. The Kier molecular flexibility index (Phi) is 5.59. The lowest BCUT2D eigenvalue weighted by Gasteiger charge is -2.27. The topological polar surface area (TPSA) is 87.8 Å². The molecular formula is C17H22N4O2S2. The van der Waals surface area contributed by atoms with Crippen LogP contribution in [-0.2, 0) is 11.8 Å². The fourth-order valence-corrected chi connectivity index (χ4v) is 4.08. The summed E-state index contributed by atoms with van der Waals surface area (Å²) in [5.74, 6) is -0.169. The van der Waals surface area contributed by atoms with Crippen molar-refractivity contribution in [2.45, 2.75) is 45.3 Å². The van der Waals surface area contributed by atoms with Crippen LogP contribution in [0.1, 0.15) is 31.2 Å². The summed E-state index contributed by atoms with van der Waals surface area (Å²) in [6.45, 7) is 9.37. The number of nitrogens with one attached hydrogen (secondary N) is 1. The fourth-order valence-electron chi connectivity index (χ4n) is 2.24. The number of nitriles is 1. The lowest BCUT2D eigenvalue weighted by Crippen LogP contribution is -2.49. The van der Waals surface area contributed by atoms with Gasteiger partial charge in [-0.25, -0.2) is 4.98 Å². The monoisotopic (exact) mass is 378 g/mol. The second kappa shape index (κ2) is 7.18. The molecule has 0 saturated heterocycles. The zero-order chi connectivity index (χ0) is 18.9. The Hall–Kier alpha value is -1.85. The third kappa shape index (κ3) is 3.72. The van der Waals surface area contributed by atoms with Gasteiger partial charge in [-0.05, 0) is 32.3 Å². The summed E-state index contributed by atoms with van der Waals surface area (Å²) < 4.78 is 1.48. The quantitative estimate of drug-likeness (QED) is 0.638. The number of thiophene rings is 1. The highest BCUT2D eigenvalue weighted by atomic mass is 32.2. The first-order valence-corrected chi connectivity index (χ1v) is 9.72. The van der Waals surface area contributed by atoms with Crippen molar-refractivity contribution in [2.24, 2.45) is 13.0 Å². The molecule has 1 atom stereocenters. The van der Waals surface area contributed by atoms with Crippen molar-refractivity contribution in [3.8, 4) is 6.07 Å². The van der Waals surface area contributed by atoms with E-state index in [-0.39, 0.29) is 23.1 Å². The van der Waals surface area contributed by atoms with E-state index in [0.29, 0.717) is 15.4 Å². The molecule has 0 aliphatic carbocycles. The molecule has 0 radical (unpaired) electrons. The number of thioether (sulfide) groups is 1. The molecule has 0 aromatic carbocycles. The van der Waals surface area contributed by atoms with Gasteiger partial charge in [0.15, 0.2) is 5.16 Å². The number of hydrogen-bond donors (Lipinski definition) is 1. The Morgan fingerprint density at radius 3 is 2.68 bits per heavy atom. The predicted octanol–water partition coefficient (Wildman–Crippen LogP) is 2.76. The number of carbonyl (C=O) groups is 1. The number of carbonyl (C=O) groups excluding carboxylic acids is 1. The number of fused-ring (bicyclic) bond motifs is 1. The summed E-state index contributed by atoms with van der Waals surface area (Å²) in [4.78, 5) is 31.1. The molecule has 0 bridgehead atoms. The van der Waals surface area contributed by atoms with Crippen molar-refractivity contribution in [3.63, 3.8) is 0 Å². The highest BCUT2D eigenvalue weighted by molar-refractivity contribution is 7.99. The van der Waals surface area contributed by atoms with Crippen LogP contribution < -0.4 is 10.9 Å². The average molecular weight is 379 g/mol. The molecule has 0 fully saturated rings. The number of rotatable bonds is 5. The van der Waals surface area contributed by atoms with Crippen molar-refractivity contribution < 1.29 is 4.79 Å². The molecule has 2 heterocycles.